The Labute approximate surface area is 115 Å². The molecule has 6 heteroatoms. The van der Waals surface area contributed by atoms with E-state index in [1.54, 1.807) is 0 Å². The van der Waals surface area contributed by atoms with Crippen LogP contribution >= 0.6 is 11.6 Å². The fourth-order valence-corrected chi connectivity index (χ4v) is 1.84. The van der Waals surface area contributed by atoms with E-state index < -0.39 is 11.7 Å². The Bertz CT molecular complexity index is 429. The van der Waals surface area contributed by atoms with Crippen molar-refractivity contribution in [2.75, 3.05) is 12.4 Å². The maximum atomic E-state index is 12.4. The lowest BCUT2D eigenvalue weighted by Crippen LogP contribution is -2.38. The number of amides is 1. The number of halogens is 4. The molecule has 0 aromatic heterocycles. The molecule has 0 bridgehead atoms. The molecule has 1 aromatic rings. The zero-order chi connectivity index (χ0) is 14.6. The van der Waals surface area contributed by atoms with Gasteiger partial charge in [-0.3, -0.25) is 4.79 Å². The number of carbonyl (C=O) groups is 1. The van der Waals surface area contributed by atoms with E-state index in [2.05, 4.69) is 0 Å². The summed E-state index contributed by atoms with van der Waals surface area (Å²) in [4.78, 5) is 13.6. The van der Waals surface area contributed by atoms with Crippen molar-refractivity contribution >= 4 is 17.5 Å². The first kappa shape index (κ1) is 15.8. The van der Waals surface area contributed by atoms with Crippen molar-refractivity contribution in [1.29, 1.82) is 0 Å². The van der Waals surface area contributed by atoms with Crippen LogP contribution < -0.4 is 0 Å². The second-order valence-electron chi connectivity index (χ2n) is 4.36. The van der Waals surface area contributed by atoms with Crippen LogP contribution in [0, 0.1) is 0 Å². The predicted molar refractivity (Wildman–Crippen MR) is 68.3 cm³/mol. The van der Waals surface area contributed by atoms with Crippen LogP contribution in [0.3, 0.4) is 0 Å². The summed E-state index contributed by atoms with van der Waals surface area (Å²) in [6.07, 6.45) is -4.39. The Kier molecular flexibility index (Phi) is 5.23. The van der Waals surface area contributed by atoms with Gasteiger partial charge >= 0.3 is 6.18 Å². The fourth-order valence-electron chi connectivity index (χ4n) is 1.65. The standard InChI is InChI=1S/C13H15ClF3NO/c1-9(2)18(8-7-14)12(19)10-3-5-11(6-4-10)13(15,16)17/h3-6,9H,7-8H2,1-2H3. The van der Waals surface area contributed by atoms with E-state index >= 15 is 0 Å². The topological polar surface area (TPSA) is 20.3 Å². The summed E-state index contributed by atoms with van der Waals surface area (Å²) in [5.74, 6) is -0.0331. The van der Waals surface area contributed by atoms with Gasteiger partial charge in [-0.2, -0.15) is 13.2 Å². The van der Waals surface area contributed by atoms with Gasteiger partial charge in [0.25, 0.3) is 5.91 Å². The summed E-state index contributed by atoms with van der Waals surface area (Å²) in [5.41, 5.74) is -0.538. The average Bonchev–Trinajstić information content (AvgIpc) is 2.34. The maximum absolute atomic E-state index is 12.4. The van der Waals surface area contributed by atoms with Crippen LogP contribution in [0.15, 0.2) is 24.3 Å². The van der Waals surface area contributed by atoms with E-state index in [4.69, 9.17) is 11.6 Å². The van der Waals surface area contributed by atoms with E-state index in [0.717, 1.165) is 12.1 Å². The van der Waals surface area contributed by atoms with Gasteiger partial charge in [-0.1, -0.05) is 0 Å². The monoisotopic (exact) mass is 293 g/mol. The minimum absolute atomic E-state index is 0.0615. The molecule has 0 aliphatic heterocycles. The zero-order valence-corrected chi connectivity index (χ0v) is 11.4. The molecule has 0 unspecified atom stereocenters. The Morgan fingerprint density at radius 1 is 1.26 bits per heavy atom. The molecule has 0 aliphatic rings. The van der Waals surface area contributed by atoms with Gasteiger partial charge in [0.2, 0.25) is 0 Å². The number of nitrogens with zero attached hydrogens (tertiary/aromatic N) is 1. The molecule has 19 heavy (non-hydrogen) atoms. The molecule has 0 fully saturated rings. The number of rotatable bonds is 4. The quantitative estimate of drug-likeness (QED) is 0.773. The summed E-state index contributed by atoms with van der Waals surface area (Å²) >= 11 is 5.61. The van der Waals surface area contributed by atoms with Gasteiger partial charge < -0.3 is 4.90 Å². The predicted octanol–water partition coefficient (Wildman–Crippen LogP) is 3.79. The number of benzene rings is 1. The molecule has 1 aromatic carbocycles. The van der Waals surface area contributed by atoms with Crippen molar-refractivity contribution < 1.29 is 18.0 Å². The summed E-state index contributed by atoms with van der Waals surface area (Å²) < 4.78 is 37.2. The molecule has 1 rings (SSSR count). The first-order valence-electron chi connectivity index (χ1n) is 5.81. The van der Waals surface area contributed by atoms with Gasteiger partial charge in [-0.15, -0.1) is 11.6 Å². The van der Waals surface area contributed by atoms with Crippen LogP contribution in [0.2, 0.25) is 0 Å². The highest BCUT2D eigenvalue weighted by molar-refractivity contribution is 6.18. The molecule has 0 saturated heterocycles. The molecule has 0 saturated carbocycles. The van der Waals surface area contributed by atoms with Crippen molar-refractivity contribution in [1.82, 2.24) is 4.90 Å². The first-order chi connectivity index (χ1) is 8.77. The maximum Gasteiger partial charge on any atom is 0.416 e. The van der Waals surface area contributed by atoms with Gasteiger partial charge in [0, 0.05) is 24.0 Å². The Hall–Kier alpha value is -1.23. The third-order valence-electron chi connectivity index (χ3n) is 2.67. The van der Waals surface area contributed by atoms with Gasteiger partial charge in [0.15, 0.2) is 0 Å². The van der Waals surface area contributed by atoms with Crippen LogP contribution in [0.5, 0.6) is 0 Å². The molecule has 106 valence electrons. The molecular formula is C13H15ClF3NO. The van der Waals surface area contributed by atoms with Gasteiger partial charge in [0.1, 0.15) is 0 Å². The minimum atomic E-state index is -4.39. The lowest BCUT2D eigenvalue weighted by Gasteiger charge is -2.26. The highest BCUT2D eigenvalue weighted by Gasteiger charge is 2.30. The van der Waals surface area contributed by atoms with Crippen molar-refractivity contribution in [3.8, 4) is 0 Å². The van der Waals surface area contributed by atoms with Crippen LogP contribution in [-0.2, 0) is 6.18 Å². The summed E-state index contributed by atoms with van der Waals surface area (Å²) in [6.45, 7) is 4.02. The summed E-state index contributed by atoms with van der Waals surface area (Å²) in [5, 5.41) is 0. The van der Waals surface area contributed by atoms with Crippen molar-refractivity contribution in [3.05, 3.63) is 35.4 Å². The van der Waals surface area contributed by atoms with E-state index in [-0.39, 0.29) is 23.4 Å². The zero-order valence-electron chi connectivity index (χ0n) is 10.7. The Morgan fingerprint density at radius 2 is 1.79 bits per heavy atom. The largest absolute Gasteiger partial charge is 0.416 e. The second kappa shape index (κ2) is 6.28. The van der Waals surface area contributed by atoms with Gasteiger partial charge in [-0.05, 0) is 38.1 Å². The third-order valence-corrected chi connectivity index (χ3v) is 2.84. The third kappa shape index (κ3) is 4.13. The number of alkyl halides is 4. The number of hydrogen-bond donors (Lipinski definition) is 0. The van der Waals surface area contributed by atoms with Crippen LogP contribution in [-0.4, -0.2) is 29.3 Å². The van der Waals surface area contributed by atoms with Crippen molar-refractivity contribution in [3.63, 3.8) is 0 Å². The molecule has 0 N–H and O–H groups in total. The highest BCUT2D eigenvalue weighted by Crippen LogP contribution is 2.29. The van der Waals surface area contributed by atoms with Gasteiger partial charge in [0.05, 0.1) is 5.56 Å². The highest BCUT2D eigenvalue weighted by atomic mass is 35.5. The van der Waals surface area contributed by atoms with Crippen LogP contribution in [0.4, 0.5) is 13.2 Å². The lowest BCUT2D eigenvalue weighted by molar-refractivity contribution is -0.137. The summed E-state index contributed by atoms with van der Waals surface area (Å²) in [6, 6.07) is 4.14. The summed E-state index contributed by atoms with van der Waals surface area (Å²) in [7, 11) is 0. The van der Waals surface area contributed by atoms with Crippen LogP contribution in [0.1, 0.15) is 29.8 Å². The van der Waals surface area contributed by atoms with E-state index in [0.29, 0.717) is 6.54 Å². The van der Waals surface area contributed by atoms with E-state index in [9.17, 15) is 18.0 Å². The molecule has 0 radical (unpaired) electrons. The Balaban J connectivity index is 2.94. The average molecular weight is 294 g/mol. The smallest absolute Gasteiger partial charge is 0.335 e. The van der Waals surface area contributed by atoms with Crippen molar-refractivity contribution in [2.24, 2.45) is 0 Å². The fraction of sp³-hybridized carbons (Fsp3) is 0.462. The molecule has 1 amide bonds. The van der Waals surface area contributed by atoms with Gasteiger partial charge in [-0.25, -0.2) is 0 Å². The second-order valence-corrected chi connectivity index (χ2v) is 4.73. The minimum Gasteiger partial charge on any atom is -0.335 e. The van der Waals surface area contributed by atoms with E-state index in [1.807, 2.05) is 13.8 Å². The normalized spacial score (nSPS) is 11.7. The lowest BCUT2D eigenvalue weighted by atomic mass is 10.1. The number of carbonyl (C=O) groups excluding carboxylic acids is 1. The molecule has 2 nitrogen and oxygen atoms in total. The Morgan fingerprint density at radius 3 is 2.16 bits per heavy atom. The molecule has 0 atom stereocenters. The SMILES string of the molecule is CC(C)N(CCCl)C(=O)c1ccc(C(F)(F)F)cc1. The van der Waals surface area contributed by atoms with Crippen LogP contribution in [0.25, 0.3) is 0 Å². The molecule has 0 spiro atoms. The van der Waals surface area contributed by atoms with E-state index in [1.165, 1.54) is 17.0 Å². The molecule has 0 aliphatic carbocycles. The first-order valence-corrected chi connectivity index (χ1v) is 6.35. The van der Waals surface area contributed by atoms with Crippen molar-refractivity contribution in [2.45, 2.75) is 26.1 Å². The molecule has 0 heterocycles. The molecular weight excluding hydrogens is 279 g/mol. The number of hydrogen-bond acceptors (Lipinski definition) is 1.